The molecule has 0 saturated carbocycles. The van der Waals surface area contributed by atoms with Gasteiger partial charge in [0.1, 0.15) is 18.2 Å². The summed E-state index contributed by atoms with van der Waals surface area (Å²) < 4.78 is 4.87. The van der Waals surface area contributed by atoms with Gasteiger partial charge in [-0.25, -0.2) is 9.59 Å². The molecule has 0 rings (SSSR count). The van der Waals surface area contributed by atoms with Crippen LogP contribution in [0.5, 0.6) is 0 Å². The van der Waals surface area contributed by atoms with Gasteiger partial charge in [-0.2, -0.15) is 0 Å². The molecule has 18 heavy (non-hydrogen) atoms. The van der Waals surface area contributed by atoms with Crippen molar-refractivity contribution >= 4 is 18.0 Å². The highest BCUT2D eigenvalue weighted by atomic mass is 16.6. The van der Waals surface area contributed by atoms with Gasteiger partial charge in [0.15, 0.2) is 0 Å². The number of amides is 2. The molecule has 0 aliphatic carbocycles. The first-order chi connectivity index (χ1) is 8.15. The Morgan fingerprint density at radius 2 is 1.83 bits per heavy atom. The fraction of sp³-hybridized carbons (Fsp3) is 0.700. The van der Waals surface area contributed by atoms with Crippen LogP contribution in [-0.2, 0) is 14.3 Å². The van der Waals surface area contributed by atoms with E-state index in [2.05, 4.69) is 5.32 Å². The van der Waals surface area contributed by atoms with Crippen molar-refractivity contribution in [3.8, 4) is 0 Å². The SMILES string of the molecule is CC(C)(C)OC(=O)NCC(=O)NC(CO)C(=O)O. The number of hydrogen-bond acceptors (Lipinski definition) is 5. The molecule has 8 heteroatoms. The molecule has 1 atom stereocenters. The molecular formula is C10H18N2O6. The van der Waals surface area contributed by atoms with Crippen molar-refractivity contribution in [2.75, 3.05) is 13.2 Å². The Morgan fingerprint density at radius 3 is 2.22 bits per heavy atom. The standard InChI is InChI=1S/C10H18N2O6/c1-10(2,3)18-9(17)11-4-7(14)12-6(5-13)8(15)16/h6,13H,4-5H2,1-3H3,(H,11,17)(H,12,14)(H,15,16). The molecule has 0 aromatic heterocycles. The van der Waals surface area contributed by atoms with Crippen LogP contribution in [0.1, 0.15) is 20.8 Å². The van der Waals surface area contributed by atoms with Gasteiger partial charge in [-0.1, -0.05) is 0 Å². The third-order valence-electron chi connectivity index (χ3n) is 1.61. The molecule has 0 bridgehead atoms. The zero-order chi connectivity index (χ0) is 14.3. The summed E-state index contributed by atoms with van der Waals surface area (Å²) in [5.74, 6) is -2.09. The predicted molar refractivity (Wildman–Crippen MR) is 60.9 cm³/mol. The topological polar surface area (TPSA) is 125 Å². The maximum absolute atomic E-state index is 11.2. The number of hydrogen-bond donors (Lipinski definition) is 4. The monoisotopic (exact) mass is 262 g/mol. The predicted octanol–water partition coefficient (Wildman–Crippen LogP) is -0.927. The molecular weight excluding hydrogens is 244 g/mol. The molecule has 0 aliphatic rings. The van der Waals surface area contributed by atoms with Crippen molar-refractivity contribution in [1.82, 2.24) is 10.6 Å². The zero-order valence-corrected chi connectivity index (χ0v) is 10.5. The second-order valence-corrected chi connectivity index (χ2v) is 4.50. The molecule has 0 radical (unpaired) electrons. The highest BCUT2D eigenvalue weighted by Gasteiger charge is 2.20. The third-order valence-corrected chi connectivity index (χ3v) is 1.61. The summed E-state index contributed by atoms with van der Waals surface area (Å²) in [5.41, 5.74) is -0.685. The van der Waals surface area contributed by atoms with Gasteiger partial charge in [-0.3, -0.25) is 4.79 Å². The smallest absolute Gasteiger partial charge is 0.408 e. The maximum atomic E-state index is 11.2. The van der Waals surface area contributed by atoms with Crippen molar-refractivity contribution in [2.24, 2.45) is 0 Å². The van der Waals surface area contributed by atoms with Crippen LogP contribution in [0, 0.1) is 0 Å². The lowest BCUT2D eigenvalue weighted by atomic mass is 10.2. The van der Waals surface area contributed by atoms with Crippen molar-refractivity contribution in [3.63, 3.8) is 0 Å². The van der Waals surface area contributed by atoms with Crippen LogP contribution in [0.25, 0.3) is 0 Å². The number of aliphatic carboxylic acids is 1. The molecule has 0 spiro atoms. The molecule has 2 amide bonds. The van der Waals surface area contributed by atoms with Crippen LogP contribution in [-0.4, -0.2) is 53.0 Å². The number of aliphatic hydroxyl groups is 1. The molecule has 0 aliphatic heterocycles. The Kier molecular flexibility index (Phi) is 6.11. The molecule has 1 unspecified atom stereocenters. The number of aliphatic hydroxyl groups excluding tert-OH is 1. The van der Waals surface area contributed by atoms with Crippen LogP contribution in [0.4, 0.5) is 4.79 Å². The van der Waals surface area contributed by atoms with E-state index in [1.54, 1.807) is 20.8 Å². The van der Waals surface area contributed by atoms with Gasteiger partial charge in [-0.05, 0) is 20.8 Å². The van der Waals surface area contributed by atoms with E-state index >= 15 is 0 Å². The molecule has 0 fully saturated rings. The van der Waals surface area contributed by atoms with Gasteiger partial charge in [0.2, 0.25) is 5.91 Å². The second kappa shape index (κ2) is 6.80. The minimum Gasteiger partial charge on any atom is -0.480 e. The zero-order valence-electron chi connectivity index (χ0n) is 10.5. The third kappa shape index (κ3) is 7.44. The highest BCUT2D eigenvalue weighted by Crippen LogP contribution is 2.05. The average Bonchev–Trinajstić information content (AvgIpc) is 2.20. The minimum absolute atomic E-state index is 0.432. The van der Waals surface area contributed by atoms with Crippen molar-refractivity contribution < 1.29 is 29.3 Å². The first-order valence-electron chi connectivity index (χ1n) is 5.25. The Labute approximate surface area is 104 Å². The summed E-state index contributed by atoms with van der Waals surface area (Å²) >= 11 is 0. The van der Waals surface area contributed by atoms with Crippen LogP contribution >= 0.6 is 0 Å². The van der Waals surface area contributed by atoms with E-state index in [0.29, 0.717) is 0 Å². The number of carbonyl (C=O) groups excluding carboxylic acids is 2. The molecule has 0 aromatic carbocycles. The Morgan fingerprint density at radius 1 is 1.28 bits per heavy atom. The lowest BCUT2D eigenvalue weighted by Crippen LogP contribution is -2.47. The number of nitrogens with one attached hydrogen (secondary N) is 2. The van der Waals surface area contributed by atoms with Gasteiger partial charge >= 0.3 is 12.1 Å². The number of ether oxygens (including phenoxy) is 1. The number of carboxylic acid groups (broad SMARTS) is 1. The van der Waals surface area contributed by atoms with Crippen LogP contribution in [0.15, 0.2) is 0 Å². The molecule has 0 saturated heterocycles. The quantitative estimate of drug-likeness (QED) is 0.507. The summed E-state index contributed by atoms with van der Waals surface area (Å²) in [7, 11) is 0. The number of alkyl carbamates (subject to hydrolysis) is 1. The van der Waals surface area contributed by atoms with E-state index in [9.17, 15) is 14.4 Å². The molecule has 104 valence electrons. The van der Waals surface area contributed by atoms with E-state index < -0.39 is 42.8 Å². The Bertz CT molecular complexity index is 323. The van der Waals surface area contributed by atoms with Gasteiger partial charge in [-0.15, -0.1) is 0 Å². The number of carboxylic acids is 1. The number of carbonyl (C=O) groups is 3. The molecule has 0 aromatic rings. The van der Waals surface area contributed by atoms with E-state index in [4.69, 9.17) is 14.9 Å². The Balaban J connectivity index is 4.04. The van der Waals surface area contributed by atoms with Gasteiger partial charge < -0.3 is 25.6 Å². The van der Waals surface area contributed by atoms with Crippen LogP contribution < -0.4 is 10.6 Å². The van der Waals surface area contributed by atoms with Crippen molar-refractivity contribution in [3.05, 3.63) is 0 Å². The van der Waals surface area contributed by atoms with Gasteiger partial charge in [0, 0.05) is 0 Å². The van der Waals surface area contributed by atoms with Gasteiger partial charge in [0.05, 0.1) is 6.61 Å². The summed E-state index contributed by atoms with van der Waals surface area (Å²) in [6.07, 6.45) is -0.784. The molecule has 0 heterocycles. The fourth-order valence-corrected chi connectivity index (χ4v) is 0.897. The van der Waals surface area contributed by atoms with Crippen LogP contribution in [0.3, 0.4) is 0 Å². The van der Waals surface area contributed by atoms with E-state index in [1.165, 1.54) is 0 Å². The Hall–Kier alpha value is -1.83. The highest BCUT2D eigenvalue weighted by molar-refractivity contribution is 5.86. The first-order valence-corrected chi connectivity index (χ1v) is 5.25. The summed E-state index contributed by atoms with van der Waals surface area (Å²) in [4.78, 5) is 32.9. The minimum atomic E-state index is -1.39. The fourth-order valence-electron chi connectivity index (χ4n) is 0.897. The number of rotatable bonds is 5. The van der Waals surface area contributed by atoms with E-state index in [1.807, 2.05) is 5.32 Å². The lowest BCUT2D eigenvalue weighted by Gasteiger charge is -2.19. The first kappa shape index (κ1) is 16.2. The largest absolute Gasteiger partial charge is 0.480 e. The molecule has 4 N–H and O–H groups in total. The second-order valence-electron chi connectivity index (χ2n) is 4.50. The molecule has 8 nitrogen and oxygen atoms in total. The summed E-state index contributed by atoms with van der Waals surface area (Å²) in [5, 5.41) is 21.4. The summed E-state index contributed by atoms with van der Waals surface area (Å²) in [6, 6.07) is -1.39. The van der Waals surface area contributed by atoms with E-state index in [0.717, 1.165) is 0 Å². The summed E-state index contributed by atoms with van der Waals surface area (Å²) in [6.45, 7) is 3.84. The van der Waals surface area contributed by atoms with Crippen LogP contribution in [0.2, 0.25) is 0 Å². The van der Waals surface area contributed by atoms with Crippen molar-refractivity contribution in [2.45, 2.75) is 32.4 Å². The van der Waals surface area contributed by atoms with Gasteiger partial charge in [0.25, 0.3) is 0 Å². The van der Waals surface area contributed by atoms with Crippen molar-refractivity contribution in [1.29, 1.82) is 0 Å². The maximum Gasteiger partial charge on any atom is 0.408 e. The lowest BCUT2D eigenvalue weighted by molar-refractivity contribution is -0.142. The normalized spacial score (nSPS) is 12.4. The average molecular weight is 262 g/mol. The van der Waals surface area contributed by atoms with E-state index in [-0.39, 0.29) is 0 Å².